The van der Waals surface area contributed by atoms with Gasteiger partial charge in [-0.1, -0.05) is 0 Å². The monoisotopic (exact) mass is 244 g/mol. The fourth-order valence-electron chi connectivity index (χ4n) is 1.71. The molecular formula is C14H16N2O2. The van der Waals surface area contributed by atoms with Crippen molar-refractivity contribution in [3.8, 4) is 11.6 Å². The number of methoxy groups -OCH3 is 1. The lowest BCUT2D eigenvalue weighted by Crippen LogP contribution is -2.01. The van der Waals surface area contributed by atoms with Gasteiger partial charge in [0.1, 0.15) is 12.4 Å². The predicted octanol–water partition coefficient (Wildman–Crippen LogP) is 2.56. The van der Waals surface area contributed by atoms with Crippen molar-refractivity contribution in [2.75, 3.05) is 12.8 Å². The van der Waals surface area contributed by atoms with E-state index in [1.807, 2.05) is 37.3 Å². The molecule has 18 heavy (non-hydrogen) atoms. The Bertz CT molecular complexity index is 541. The number of nitrogens with zero attached hydrogens (tertiary/aromatic N) is 1. The number of ether oxygens (including phenoxy) is 2. The molecule has 0 aliphatic carbocycles. The largest absolute Gasteiger partial charge is 0.488 e. The highest BCUT2D eigenvalue weighted by Gasteiger charge is 2.05. The van der Waals surface area contributed by atoms with E-state index in [0.717, 1.165) is 22.6 Å². The topological polar surface area (TPSA) is 57.4 Å². The highest BCUT2D eigenvalue weighted by atomic mass is 16.5. The molecule has 1 heterocycles. The van der Waals surface area contributed by atoms with Gasteiger partial charge < -0.3 is 15.2 Å². The van der Waals surface area contributed by atoms with E-state index in [-0.39, 0.29) is 0 Å². The molecule has 0 atom stereocenters. The standard InChI is InChI=1S/C14H16N2O2/c1-10-8-12(15)5-6-13(10)18-9-11-4-3-7-16-14(11)17-2/h3-8H,9,15H2,1-2H3. The minimum absolute atomic E-state index is 0.418. The maximum Gasteiger partial charge on any atom is 0.219 e. The number of aryl methyl sites for hydroxylation is 1. The van der Waals surface area contributed by atoms with E-state index in [1.165, 1.54) is 0 Å². The summed E-state index contributed by atoms with van der Waals surface area (Å²) >= 11 is 0. The molecule has 2 rings (SSSR count). The molecular weight excluding hydrogens is 228 g/mol. The third kappa shape index (κ3) is 2.71. The Labute approximate surface area is 106 Å². The Hall–Kier alpha value is -2.23. The SMILES string of the molecule is COc1ncccc1COc1ccc(N)cc1C. The Balaban J connectivity index is 2.11. The number of hydrogen-bond donors (Lipinski definition) is 1. The van der Waals surface area contributed by atoms with Crippen LogP contribution in [-0.4, -0.2) is 12.1 Å². The molecule has 0 aliphatic rings. The lowest BCUT2D eigenvalue weighted by Gasteiger charge is -2.11. The van der Waals surface area contributed by atoms with Gasteiger partial charge in [0, 0.05) is 11.9 Å². The van der Waals surface area contributed by atoms with Crippen molar-refractivity contribution < 1.29 is 9.47 Å². The summed E-state index contributed by atoms with van der Waals surface area (Å²) in [6.45, 7) is 2.38. The van der Waals surface area contributed by atoms with Crippen LogP contribution in [0.3, 0.4) is 0 Å². The lowest BCUT2D eigenvalue weighted by atomic mass is 10.2. The van der Waals surface area contributed by atoms with Crippen molar-refractivity contribution in [3.63, 3.8) is 0 Å². The Morgan fingerprint density at radius 2 is 2.11 bits per heavy atom. The van der Waals surface area contributed by atoms with Crippen LogP contribution in [0.2, 0.25) is 0 Å². The first-order valence-electron chi connectivity index (χ1n) is 5.67. The third-order valence-corrected chi connectivity index (χ3v) is 2.63. The molecule has 0 fully saturated rings. The fourth-order valence-corrected chi connectivity index (χ4v) is 1.71. The second-order valence-electron chi connectivity index (χ2n) is 3.99. The van der Waals surface area contributed by atoms with E-state index >= 15 is 0 Å². The summed E-state index contributed by atoms with van der Waals surface area (Å²) in [6, 6.07) is 9.36. The van der Waals surface area contributed by atoms with Crippen LogP contribution in [0.1, 0.15) is 11.1 Å². The van der Waals surface area contributed by atoms with Gasteiger partial charge in [0.25, 0.3) is 0 Å². The summed E-state index contributed by atoms with van der Waals surface area (Å²) in [5.74, 6) is 1.40. The van der Waals surface area contributed by atoms with Crippen molar-refractivity contribution in [1.29, 1.82) is 0 Å². The van der Waals surface area contributed by atoms with Gasteiger partial charge in [0.05, 0.1) is 12.7 Å². The molecule has 4 heteroatoms. The summed E-state index contributed by atoms with van der Waals surface area (Å²) in [5.41, 5.74) is 8.35. The average molecular weight is 244 g/mol. The second-order valence-corrected chi connectivity index (χ2v) is 3.99. The number of aromatic nitrogens is 1. The van der Waals surface area contributed by atoms with E-state index in [2.05, 4.69) is 4.98 Å². The Morgan fingerprint density at radius 1 is 1.28 bits per heavy atom. The average Bonchev–Trinajstić information content (AvgIpc) is 2.38. The number of anilines is 1. The summed E-state index contributed by atoms with van der Waals surface area (Å²) in [4.78, 5) is 4.12. The van der Waals surface area contributed by atoms with E-state index < -0.39 is 0 Å². The first-order chi connectivity index (χ1) is 8.70. The van der Waals surface area contributed by atoms with Crippen molar-refractivity contribution in [2.45, 2.75) is 13.5 Å². The number of rotatable bonds is 4. The van der Waals surface area contributed by atoms with Crippen molar-refractivity contribution in [2.24, 2.45) is 0 Å². The van der Waals surface area contributed by atoms with Gasteiger partial charge >= 0.3 is 0 Å². The number of hydrogen-bond acceptors (Lipinski definition) is 4. The van der Waals surface area contributed by atoms with E-state index in [1.54, 1.807) is 13.3 Å². The summed E-state index contributed by atoms with van der Waals surface area (Å²) in [5, 5.41) is 0. The van der Waals surface area contributed by atoms with Gasteiger partial charge in [-0.15, -0.1) is 0 Å². The number of benzene rings is 1. The van der Waals surface area contributed by atoms with Crippen molar-refractivity contribution in [3.05, 3.63) is 47.7 Å². The molecule has 0 spiro atoms. The zero-order chi connectivity index (χ0) is 13.0. The molecule has 0 bridgehead atoms. The van der Waals surface area contributed by atoms with E-state index in [4.69, 9.17) is 15.2 Å². The van der Waals surface area contributed by atoms with Gasteiger partial charge in [-0.05, 0) is 42.8 Å². The minimum Gasteiger partial charge on any atom is -0.488 e. The van der Waals surface area contributed by atoms with Crippen molar-refractivity contribution >= 4 is 5.69 Å². The fraction of sp³-hybridized carbons (Fsp3) is 0.214. The molecule has 1 aromatic carbocycles. The molecule has 1 aromatic heterocycles. The third-order valence-electron chi connectivity index (χ3n) is 2.63. The van der Waals surface area contributed by atoms with Gasteiger partial charge in [-0.25, -0.2) is 4.98 Å². The van der Waals surface area contributed by atoms with Crippen LogP contribution >= 0.6 is 0 Å². The predicted molar refractivity (Wildman–Crippen MR) is 70.7 cm³/mol. The van der Waals surface area contributed by atoms with Crippen LogP contribution in [0.15, 0.2) is 36.5 Å². The summed E-state index contributed by atoms with van der Waals surface area (Å²) in [7, 11) is 1.60. The lowest BCUT2D eigenvalue weighted by molar-refractivity contribution is 0.292. The Morgan fingerprint density at radius 3 is 2.83 bits per heavy atom. The van der Waals surface area contributed by atoms with Crippen LogP contribution in [0.5, 0.6) is 11.6 Å². The number of pyridine rings is 1. The molecule has 0 radical (unpaired) electrons. The maximum absolute atomic E-state index is 5.74. The molecule has 0 amide bonds. The van der Waals surface area contributed by atoms with E-state index in [0.29, 0.717) is 12.5 Å². The first-order valence-corrected chi connectivity index (χ1v) is 5.67. The van der Waals surface area contributed by atoms with Gasteiger partial charge in [0.15, 0.2) is 0 Å². The molecule has 2 aromatic rings. The van der Waals surface area contributed by atoms with Crippen LogP contribution in [0.4, 0.5) is 5.69 Å². The minimum atomic E-state index is 0.418. The number of nitrogens with two attached hydrogens (primary N) is 1. The smallest absolute Gasteiger partial charge is 0.219 e. The summed E-state index contributed by atoms with van der Waals surface area (Å²) < 4.78 is 10.9. The zero-order valence-corrected chi connectivity index (χ0v) is 10.5. The van der Waals surface area contributed by atoms with Gasteiger partial charge in [-0.2, -0.15) is 0 Å². The van der Waals surface area contributed by atoms with Gasteiger partial charge in [-0.3, -0.25) is 0 Å². The Kier molecular flexibility index (Phi) is 3.67. The molecule has 0 saturated heterocycles. The van der Waals surface area contributed by atoms with E-state index in [9.17, 15) is 0 Å². The number of nitrogen functional groups attached to an aromatic ring is 1. The summed E-state index contributed by atoms with van der Waals surface area (Å²) in [6.07, 6.45) is 1.69. The normalized spacial score (nSPS) is 10.1. The molecule has 0 unspecified atom stereocenters. The van der Waals surface area contributed by atoms with Crippen LogP contribution in [-0.2, 0) is 6.61 Å². The molecule has 2 N–H and O–H groups in total. The second kappa shape index (κ2) is 5.40. The van der Waals surface area contributed by atoms with Gasteiger partial charge in [0.2, 0.25) is 5.88 Å². The van der Waals surface area contributed by atoms with Crippen LogP contribution in [0.25, 0.3) is 0 Å². The molecule has 0 saturated carbocycles. The van der Waals surface area contributed by atoms with Crippen molar-refractivity contribution in [1.82, 2.24) is 4.98 Å². The molecule has 0 aliphatic heterocycles. The maximum atomic E-state index is 5.74. The molecule has 94 valence electrons. The zero-order valence-electron chi connectivity index (χ0n) is 10.5. The first kappa shape index (κ1) is 12.2. The van der Waals surface area contributed by atoms with Crippen LogP contribution in [0, 0.1) is 6.92 Å². The van der Waals surface area contributed by atoms with Crippen LogP contribution < -0.4 is 15.2 Å². The highest BCUT2D eigenvalue weighted by Crippen LogP contribution is 2.22. The quantitative estimate of drug-likeness (QED) is 0.840. The highest BCUT2D eigenvalue weighted by molar-refractivity contribution is 5.47. The molecule has 4 nitrogen and oxygen atoms in total.